The zero-order valence-electron chi connectivity index (χ0n) is 13.5. The summed E-state index contributed by atoms with van der Waals surface area (Å²) in [6, 6.07) is 18.4. The van der Waals surface area contributed by atoms with E-state index in [0.29, 0.717) is 5.95 Å². The maximum absolute atomic E-state index is 4.51. The van der Waals surface area contributed by atoms with Crippen molar-refractivity contribution in [3.8, 4) is 0 Å². The summed E-state index contributed by atoms with van der Waals surface area (Å²) >= 11 is 3.56. The lowest BCUT2D eigenvalue weighted by Crippen LogP contribution is -2.07. The van der Waals surface area contributed by atoms with Gasteiger partial charge >= 0.3 is 0 Å². The van der Waals surface area contributed by atoms with Crippen molar-refractivity contribution in [1.82, 2.24) is 9.97 Å². The first kappa shape index (κ1) is 16.5. The molecule has 0 radical (unpaired) electrons. The number of rotatable bonds is 6. The number of anilines is 3. The number of hydrogen-bond donors (Lipinski definition) is 2. The normalized spacial score (nSPS) is 10.4. The van der Waals surface area contributed by atoms with Gasteiger partial charge < -0.3 is 10.6 Å². The molecule has 1 aromatic heterocycles. The topological polar surface area (TPSA) is 49.8 Å². The van der Waals surface area contributed by atoms with Crippen LogP contribution in [0.2, 0.25) is 0 Å². The predicted molar refractivity (Wildman–Crippen MR) is 103 cm³/mol. The molecule has 2 N–H and O–H groups in total. The summed E-state index contributed by atoms with van der Waals surface area (Å²) in [5.41, 5.74) is 3.45. The quantitative estimate of drug-likeness (QED) is 0.633. The molecule has 3 rings (SSSR count). The zero-order valence-corrected chi connectivity index (χ0v) is 15.0. The zero-order chi connectivity index (χ0) is 16.8. The smallest absolute Gasteiger partial charge is 0.229 e. The highest BCUT2D eigenvalue weighted by atomic mass is 79.9. The molecular weight excluding hydrogens is 364 g/mol. The molecule has 1 heterocycles. The summed E-state index contributed by atoms with van der Waals surface area (Å²) < 4.78 is 0.994. The third-order valence-electron chi connectivity index (χ3n) is 3.59. The van der Waals surface area contributed by atoms with Crippen molar-refractivity contribution in [1.29, 1.82) is 0 Å². The number of nitrogens with one attached hydrogen (secondary N) is 2. The number of benzene rings is 2. The van der Waals surface area contributed by atoms with Gasteiger partial charge in [-0.3, -0.25) is 0 Å². The van der Waals surface area contributed by atoms with E-state index in [2.05, 4.69) is 79.9 Å². The molecule has 5 heteroatoms. The maximum Gasteiger partial charge on any atom is 0.229 e. The Kier molecular flexibility index (Phi) is 5.43. The average Bonchev–Trinajstić information content (AvgIpc) is 2.59. The van der Waals surface area contributed by atoms with Gasteiger partial charge in [0.15, 0.2) is 0 Å². The van der Waals surface area contributed by atoms with Gasteiger partial charge in [-0.25, -0.2) is 4.98 Å². The third-order valence-corrected chi connectivity index (χ3v) is 4.25. The molecule has 0 aliphatic heterocycles. The minimum Gasteiger partial charge on any atom is -0.370 e. The number of aryl methyl sites for hydroxylation is 1. The fraction of sp³-hybridized carbons (Fsp3) is 0.158. The van der Waals surface area contributed by atoms with E-state index in [1.54, 1.807) is 6.20 Å². The van der Waals surface area contributed by atoms with E-state index in [9.17, 15) is 0 Å². The van der Waals surface area contributed by atoms with Crippen molar-refractivity contribution >= 4 is 33.4 Å². The lowest BCUT2D eigenvalue weighted by molar-refractivity contribution is 1.00. The molecule has 0 atom stereocenters. The van der Waals surface area contributed by atoms with Crippen LogP contribution in [-0.4, -0.2) is 16.5 Å². The van der Waals surface area contributed by atoms with E-state index in [0.717, 1.165) is 28.9 Å². The van der Waals surface area contributed by atoms with Crippen LogP contribution in [0.25, 0.3) is 0 Å². The number of halogens is 1. The highest BCUT2D eigenvalue weighted by molar-refractivity contribution is 9.10. The second-order valence-corrected chi connectivity index (χ2v) is 6.39. The fourth-order valence-electron chi connectivity index (χ4n) is 2.34. The van der Waals surface area contributed by atoms with Crippen LogP contribution in [0, 0.1) is 6.92 Å². The van der Waals surface area contributed by atoms with Crippen LogP contribution in [0.15, 0.2) is 65.3 Å². The molecule has 3 aromatic rings. The molecular formula is C19H19BrN4. The van der Waals surface area contributed by atoms with Crippen LogP contribution in [0.4, 0.5) is 17.5 Å². The average molecular weight is 383 g/mol. The van der Waals surface area contributed by atoms with Gasteiger partial charge in [0.1, 0.15) is 5.82 Å². The van der Waals surface area contributed by atoms with Crippen LogP contribution in [0.3, 0.4) is 0 Å². The van der Waals surface area contributed by atoms with Crippen molar-refractivity contribution in [3.05, 3.63) is 76.4 Å². The molecule has 24 heavy (non-hydrogen) atoms. The van der Waals surface area contributed by atoms with Gasteiger partial charge in [0.25, 0.3) is 0 Å². The molecule has 0 bridgehead atoms. The van der Waals surface area contributed by atoms with Gasteiger partial charge in [0.2, 0.25) is 5.95 Å². The summed E-state index contributed by atoms with van der Waals surface area (Å²) in [6.07, 6.45) is 2.71. The molecule has 0 amide bonds. The summed E-state index contributed by atoms with van der Waals surface area (Å²) in [7, 11) is 0. The van der Waals surface area contributed by atoms with Crippen LogP contribution in [0.1, 0.15) is 11.1 Å². The van der Waals surface area contributed by atoms with Crippen molar-refractivity contribution in [2.75, 3.05) is 17.2 Å². The van der Waals surface area contributed by atoms with Crippen LogP contribution < -0.4 is 10.6 Å². The molecule has 4 nitrogen and oxygen atoms in total. The molecule has 2 aromatic carbocycles. The first-order chi connectivity index (χ1) is 11.7. The molecule has 0 unspecified atom stereocenters. The van der Waals surface area contributed by atoms with Crippen molar-refractivity contribution < 1.29 is 0 Å². The van der Waals surface area contributed by atoms with E-state index >= 15 is 0 Å². The van der Waals surface area contributed by atoms with E-state index in [4.69, 9.17) is 0 Å². The number of aromatic nitrogens is 2. The largest absolute Gasteiger partial charge is 0.370 e. The molecule has 0 aliphatic carbocycles. The fourth-order valence-corrected chi connectivity index (χ4v) is 2.93. The van der Waals surface area contributed by atoms with Crippen LogP contribution in [-0.2, 0) is 6.42 Å². The Hall–Kier alpha value is -2.40. The number of hydrogen-bond acceptors (Lipinski definition) is 4. The second-order valence-electron chi connectivity index (χ2n) is 5.54. The Bertz CT molecular complexity index is 805. The van der Waals surface area contributed by atoms with Crippen molar-refractivity contribution in [2.24, 2.45) is 0 Å². The molecule has 0 fully saturated rings. The van der Waals surface area contributed by atoms with E-state index < -0.39 is 0 Å². The highest BCUT2D eigenvalue weighted by Gasteiger charge is 2.04. The van der Waals surface area contributed by atoms with Gasteiger partial charge in [0.05, 0.1) is 5.69 Å². The van der Waals surface area contributed by atoms with E-state index in [1.165, 1.54) is 11.1 Å². The van der Waals surface area contributed by atoms with Gasteiger partial charge in [-0.2, -0.15) is 4.98 Å². The molecule has 122 valence electrons. The number of nitrogens with zero attached hydrogens (tertiary/aromatic N) is 2. The van der Waals surface area contributed by atoms with Crippen LogP contribution >= 0.6 is 15.9 Å². The first-order valence-corrected chi connectivity index (χ1v) is 8.64. The summed E-state index contributed by atoms with van der Waals surface area (Å²) in [5.74, 6) is 1.39. The lowest BCUT2D eigenvalue weighted by Gasteiger charge is -2.10. The minimum absolute atomic E-state index is 0.573. The SMILES string of the molecule is Cc1ccc(Nc2nccc(NCCc3ccccc3)n2)c(Br)c1. The summed E-state index contributed by atoms with van der Waals surface area (Å²) in [6.45, 7) is 2.89. The van der Waals surface area contributed by atoms with Gasteiger partial charge in [-0.05, 0) is 58.6 Å². The molecule has 0 saturated heterocycles. The van der Waals surface area contributed by atoms with Gasteiger partial charge in [-0.1, -0.05) is 36.4 Å². The Balaban J connectivity index is 1.61. The second kappa shape index (κ2) is 7.93. The first-order valence-electron chi connectivity index (χ1n) is 7.85. The minimum atomic E-state index is 0.573. The third kappa shape index (κ3) is 4.55. The Morgan fingerprint density at radius 2 is 1.88 bits per heavy atom. The standard InChI is InChI=1S/C19H19BrN4/c1-14-7-8-17(16(20)13-14)23-19-22-12-10-18(24-19)21-11-9-15-5-3-2-4-6-15/h2-8,10,12-13H,9,11H2,1H3,(H2,21,22,23,24). The predicted octanol–water partition coefficient (Wildman–Crippen LogP) is 4.95. The molecule has 0 aliphatic rings. The monoisotopic (exact) mass is 382 g/mol. The van der Waals surface area contributed by atoms with Gasteiger partial charge in [-0.15, -0.1) is 0 Å². The van der Waals surface area contributed by atoms with E-state index in [-0.39, 0.29) is 0 Å². The maximum atomic E-state index is 4.51. The molecule has 0 saturated carbocycles. The Morgan fingerprint density at radius 1 is 1.04 bits per heavy atom. The van der Waals surface area contributed by atoms with Crippen molar-refractivity contribution in [2.45, 2.75) is 13.3 Å². The molecule has 0 spiro atoms. The summed E-state index contributed by atoms with van der Waals surface area (Å²) in [4.78, 5) is 8.79. The van der Waals surface area contributed by atoms with E-state index in [1.807, 2.05) is 18.2 Å². The highest BCUT2D eigenvalue weighted by Crippen LogP contribution is 2.25. The Labute approximate surface area is 150 Å². The van der Waals surface area contributed by atoms with Crippen molar-refractivity contribution in [3.63, 3.8) is 0 Å². The summed E-state index contributed by atoms with van der Waals surface area (Å²) in [5, 5.41) is 6.58. The van der Waals surface area contributed by atoms with Crippen LogP contribution in [0.5, 0.6) is 0 Å². The van der Waals surface area contributed by atoms with Gasteiger partial charge in [0, 0.05) is 17.2 Å². The Morgan fingerprint density at radius 3 is 2.67 bits per heavy atom. The lowest BCUT2D eigenvalue weighted by atomic mass is 10.1.